The fourth-order valence-electron chi connectivity index (χ4n) is 3.42. The van der Waals surface area contributed by atoms with Crippen LogP contribution in [0.3, 0.4) is 0 Å². The van der Waals surface area contributed by atoms with E-state index in [-0.39, 0.29) is 5.97 Å². The highest BCUT2D eigenvalue weighted by molar-refractivity contribution is 5.81. The van der Waals surface area contributed by atoms with Crippen molar-refractivity contribution in [1.82, 2.24) is 9.80 Å². The Kier molecular flexibility index (Phi) is 4.81. The summed E-state index contributed by atoms with van der Waals surface area (Å²) in [4.78, 5) is 16.7. The lowest BCUT2D eigenvalue weighted by Crippen LogP contribution is -2.52. The van der Waals surface area contributed by atoms with E-state index < -0.39 is 5.54 Å². The van der Waals surface area contributed by atoms with Gasteiger partial charge in [-0.1, -0.05) is 6.92 Å². The molecular formula is C14H27N3O2. The number of hydrogen-bond acceptors (Lipinski definition) is 5. The first kappa shape index (κ1) is 14.8. The number of carbonyl (C=O) groups is 1. The quantitative estimate of drug-likeness (QED) is 0.750. The maximum absolute atomic E-state index is 11.7. The first-order valence-corrected chi connectivity index (χ1v) is 7.43. The summed E-state index contributed by atoms with van der Waals surface area (Å²) in [5.41, 5.74) is 5.42. The molecule has 110 valence electrons. The van der Waals surface area contributed by atoms with Crippen molar-refractivity contribution in [3.63, 3.8) is 0 Å². The number of esters is 1. The molecule has 0 amide bonds. The molecule has 19 heavy (non-hydrogen) atoms. The molecule has 0 aromatic carbocycles. The van der Waals surface area contributed by atoms with Crippen LogP contribution < -0.4 is 5.73 Å². The summed E-state index contributed by atoms with van der Waals surface area (Å²) in [5.74, 6) is -0.250. The standard InChI is InChI=1S/C14H27N3O2/c1-3-6-16-7-9-17(10-8-16)12-4-5-14(15,11-12)13(18)19-2/h12H,3-11,15H2,1-2H3. The first-order valence-electron chi connectivity index (χ1n) is 7.43. The van der Waals surface area contributed by atoms with Gasteiger partial charge in [-0.25, -0.2) is 0 Å². The van der Waals surface area contributed by atoms with E-state index in [1.807, 2.05) is 0 Å². The Balaban J connectivity index is 1.84. The molecule has 1 saturated heterocycles. The van der Waals surface area contributed by atoms with E-state index in [9.17, 15) is 4.79 Å². The predicted octanol–water partition coefficient (Wildman–Crippen LogP) is 0.437. The van der Waals surface area contributed by atoms with E-state index in [1.165, 1.54) is 20.1 Å². The molecule has 1 aliphatic carbocycles. The Labute approximate surface area is 116 Å². The van der Waals surface area contributed by atoms with E-state index in [0.717, 1.165) is 45.4 Å². The highest BCUT2D eigenvalue weighted by Gasteiger charge is 2.45. The van der Waals surface area contributed by atoms with Crippen molar-refractivity contribution in [3.05, 3.63) is 0 Å². The van der Waals surface area contributed by atoms with Gasteiger partial charge >= 0.3 is 5.97 Å². The summed E-state index contributed by atoms with van der Waals surface area (Å²) < 4.78 is 4.83. The normalized spacial score (nSPS) is 33.5. The summed E-state index contributed by atoms with van der Waals surface area (Å²) in [6.45, 7) is 7.90. The van der Waals surface area contributed by atoms with Crippen molar-refractivity contribution in [2.75, 3.05) is 39.8 Å². The zero-order valence-electron chi connectivity index (χ0n) is 12.2. The number of ether oxygens (including phenoxy) is 1. The summed E-state index contributed by atoms with van der Waals surface area (Å²) >= 11 is 0. The number of methoxy groups -OCH3 is 1. The molecule has 0 aromatic rings. The summed E-state index contributed by atoms with van der Waals surface area (Å²) in [6.07, 6.45) is 3.73. The molecule has 1 aliphatic heterocycles. The first-order chi connectivity index (χ1) is 9.09. The van der Waals surface area contributed by atoms with E-state index in [2.05, 4.69) is 16.7 Å². The minimum Gasteiger partial charge on any atom is -0.468 e. The fourth-order valence-corrected chi connectivity index (χ4v) is 3.42. The maximum Gasteiger partial charge on any atom is 0.325 e. The molecule has 1 saturated carbocycles. The van der Waals surface area contributed by atoms with Crippen LogP contribution in [0, 0.1) is 0 Å². The van der Waals surface area contributed by atoms with Crippen LogP contribution in [-0.2, 0) is 9.53 Å². The van der Waals surface area contributed by atoms with Gasteiger partial charge in [0.1, 0.15) is 5.54 Å². The average Bonchev–Trinajstić information content (AvgIpc) is 2.83. The maximum atomic E-state index is 11.7. The van der Waals surface area contributed by atoms with Crippen LogP contribution in [0.1, 0.15) is 32.6 Å². The van der Waals surface area contributed by atoms with Crippen molar-refractivity contribution in [1.29, 1.82) is 0 Å². The molecule has 2 unspecified atom stereocenters. The van der Waals surface area contributed by atoms with E-state index in [4.69, 9.17) is 10.5 Å². The monoisotopic (exact) mass is 269 g/mol. The smallest absolute Gasteiger partial charge is 0.325 e. The largest absolute Gasteiger partial charge is 0.468 e. The second kappa shape index (κ2) is 6.20. The number of piperazine rings is 1. The Hall–Kier alpha value is -0.650. The van der Waals surface area contributed by atoms with Gasteiger partial charge < -0.3 is 15.4 Å². The van der Waals surface area contributed by atoms with Crippen LogP contribution in [0.15, 0.2) is 0 Å². The summed E-state index contributed by atoms with van der Waals surface area (Å²) in [7, 11) is 1.42. The zero-order valence-corrected chi connectivity index (χ0v) is 12.2. The minimum absolute atomic E-state index is 0.250. The fraction of sp³-hybridized carbons (Fsp3) is 0.929. The number of carbonyl (C=O) groups excluding carboxylic acids is 1. The number of nitrogens with two attached hydrogens (primary N) is 1. The molecule has 1 heterocycles. The van der Waals surface area contributed by atoms with Crippen molar-refractivity contribution >= 4 is 5.97 Å². The molecule has 2 rings (SSSR count). The highest BCUT2D eigenvalue weighted by Crippen LogP contribution is 2.32. The third kappa shape index (κ3) is 3.27. The molecule has 0 spiro atoms. The molecule has 2 atom stereocenters. The lowest BCUT2D eigenvalue weighted by Gasteiger charge is -2.38. The number of nitrogens with zero attached hydrogens (tertiary/aromatic N) is 2. The van der Waals surface area contributed by atoms with Gasteiger partial charge in [-0.15, -0.1) is 0 Å². The van der Waals surface area contributed by atoms with Gasteiger partial charge in [0.2, 0.25) is 0 Å². The van der Waals surface area contributed by atoms with Gasteiger partial charge in [-0.3, -0.25) is 9.69 Å². The molecule has 0 bridgehead atoms. The molecule has 5 nitrogen and oxygen atoms in total. The third-order valence-electron chi connectivity index (χ3n) is 4.58. The van der Waals surface area contributed by atoms with E-state index in [1.54, 1.807) is 0 Å². The molecule has 2 fully saturated rings. The molecule has 0 aromatic heterocycles. The van der Waals surface area contributed by atoms with Gasteiger partial charge in [-0.2, -0.15) is 0 Å². The van der Waals surface area contributed by atoms with Crippen LogP contribution in [0.2, 0.25) is 0 Å². The Morgan fingerprint density at radius 3 is 2.63 bits per heavy atom. The average molecular weight is 269 g/mol. The van der Waals surface area contributed by atoms with Gasteiger partial charge in [0.15, 0.2) is 0 Å². The van der Waals surface area contributed by atoms with Crippen molar-refractivity contribution < 1.29 is 9.53 Å². The van der Waals surface area contributed by atoms with Gasteiger partial charge in [0, 0.05) is 32.2 Å². The molecule has 5 heteroatoms. The lowest BCUT2D eigenvalue weighted by atomic mass is 9.99. The van der Waals surface area contributed by atoms with E-state index >= 15 is 0 Å². The van der Waals surface area contributed by atoms with Gasteiger partial charge in [0.05, 0.1) is 7.11 Å². The zero-order chi connectivity index (χ0) is 13.9. The second-order valence-corrected chi connectivity index (χ2v) is 5.92. The molecule has 0 radical (unpaired) electrons. The molecule has 2 N–H and O–H groups in total. The lowest BCUT2D eigenvalue weighted by molar-refractivity contribution is -0.147. The Morgan fingerprint density at radius 2 is 2.05 bits per heavy atom. The van der Waals surface area contributed by atoms with Gasteiger partial charge in [-0.05, 0) is 32.2 Å². The third-order valence-corrected chi connectivity index (χ3v) is 4.58. The molecular weight excluding hydrogens is 242 g/mol. The predicted molar refractivity (Wildman–Crippen MR) is 74.9 cm³/mol. The van der Waals surface area contributed by atoms with E-state index in [0.29, 0.717) is 6.04 Å². The van der Waals surface area contributed by atoms with Crippen LogP contribution >= 0.6 is 0 Å². The summed E-state index contributed by atoms with van der Waals surface area (Å²) in [6, 6.07) is 0.452. The SMILES string of the molecule is CCCN1CCN(C2CCC(N)(C(=O)OC)C2)CC1. The highest BCUT2D eigenvalue weighted by atomic mass is 16.5. The van der Waals surface area contributed by atoms with Gasteiger partial charge in [0.25, 0.3) is 0 Å². The topological polar surface area (TPSA) is 58.8 Å². The minimum atomic E-state index is -0.750. The second-order valence-electron chi connectivity index (χ2n) is 5.92. The van der Waals surface area contributed by atoms with Crippen molar-refractivity contribution in [2.24, 2.45) is 5.73 Å². The Bertz CT molecular complexity index is 316. The number of rotatable bonds is 4. The summed E-state index contributed by atoms with van der Waals surface area (Å²) in [5, 5.41) is 0. The Morgan fingerprint density at radius 1 is 1.37 bits per heavy atom. The molecule has 2 aliphatic rings. The van der Waals surface area contributed by atoms with Crippen molar-refractivity contribution in [2.45, 2.75) is 44.2 Å². The van der Waals surface area contributed by atoms with Crippen molar-refractivity contribution in [3.8, 4) is 0 Å². The number of hydrogen-bond donors (Lipinski definition) is 1. The van der Waals surface area contributed by atoms with Crippen LogP contribution in [-0.4, -0.2) is 67.2 Å². The van der Waals surface area contributed by atoms with Crippen LogP contribution in [0.5, 0.6) is 0 Å². The van der Waals surface area contributed by atoms with Crippen LogP contribution in [0.25, 0.3) is 0 Å². The van der Waals surface area contributed by atoms with Crippen LogP contribution in [0.4, 0.5) is 0 Å².